The maximum absolute atomic E-state index is 17.6. The molecular weight excluding hydrogens is 1070 g/mol. The number of piperazine rings is 1. The van der Waals surface area contributed by atoms with E-state index in [9.17, 15) is 34.4 Å². The molecule has 410 valence electrons. The Morgan fingerprint density at radius 2 is 1.89 bits per heavy atom. The lowest BCUT2D eigenvalue weighted by Crippen LogP contribution is -2.56. The first-order chi connectivity index (χ1) is 38.4. The maximum atomic E-state index is 17.6. The minimum atomic E-state index is -1.96. The Labute approximate surface area is 465 Å². The number of aryl methyl sites for hydroxylation is 1. The molecule has 1 amide bonds. The number of nitrogens with zero attached hydrogens (tertiary/aromatic N) is 9. The number of aromatic nitrogens is 4. The molecule has 80 heavy (non-hydrogen) atoms. The zero-order valence-corrected chi connectivity index (χ0v) is 45.4. The lowest BCUT2D eigenvalue weighted by Gasteiger charge is -2.42. The SMILES string of the molecule is C=C(C(=O)N1CCN(c2nc(OC[C@@]34CCCN3C[C@H](F)C4)nc3c(F)c(-c4ccc(F)c5sc(N)c(C#N)c45)c(Cl)cc23)C[C@@H]1CC#N)C(C)Oc1ccc2nc3c(c(CC)c2c1)Cn1c-3cc2c(c1=O)COC(=O)[C@]2(O)CC. The van der Waals surface area contributed by atoms with E-state index in [1.807, 2.05) is 24.0 Å². The van der Waals surface area contributed by atoms with Crippen molar-refractivity contribution in [3.05, 3.63) is 109 Å². The van der Waals surface area contributed by atoms with Gasteiger partial charge in [-0.2, -0.15) is 20.5 Å². The third kappa shape index (κ3) is 8.22. The third-order valence-corrected chi connectivity index (χ3v) is 18.2. The molecule has 4 aromatic heterocycles. The van der Waals surface area contributed by atoms with Crippen LogP contribution < -0.4 is 25.7 Å². The number of carbonyl (C=O) groups excluding carboxylic acids is 2. The molecule has 0 saturated carbocycles. The third-order valence-electron chi connectivity index (χ3n) is 16.9. The molecule has 3 saturated heterocycles. The number of nitrogen functional groups attached to an aromatic ring is 1. The Hall–Kier alpha value is -7.82. The van der Waals surface area contributed by atoms with E-state index in [1.54, 1.807) is 41.5 Å². The first-order valence-electron chi connectivity index (χ1n) is 26.5. The highest BCUT2D eigenvalue weighted by Gasteiger charge is 2.50. The number of nitrogens with two attached hydrogens (primary N) is 1. The topological polar surface area (TPSA) is 226 Å². The number of carbonyl (C=O) groups is 2. The van der Waals surface area contributed by atoms with Crippen LogP contribution in [0, 0.1) is 34.3 Å². The maximum Gasteiger partial charge on any atom is 0.343 e. The van der Waals surface area contributed by atoms with Gasteiger partial charge in [-0.3, -0.25) is 14.5 Å². The number of nitriles is 2. The van der Waals surface area contributed by atoms with Gasteiger partial charge in [0.1, 0.15) is 59.5 Å². The molecule has 22 heteroatoms. The highest BCUT2D eigenvalue weighted by Crippen LogP contribution is 2.47. The van der Waals surface area contributed by atoms with Crippen molar-refractivity contribution in [2.45, 2.75) is 102 Å². The van der Waals surface area contributed by atoms with Crippen LogP contribution in [0.5, 0.6) is 11.8 Å². The van der Waals surface area contributed by atoms with Gasteiger partial charge in [-0.05, 0) is 86.7 Å². The number of hydrogen-bond donors (Lipinski definition) is 2. The van der Waals surface area contributed by atoms with Crippen molar-refractivity contribution >= 4 is 77.5 Å². The first kappa shape index (κ1) is 52.9. The van der Waals surface area contributed by atoms with Crippen molar-refractivity contribution in [2.75, 3.05) is 50.0 Å². The molecular formula is C58H52ClF3N10O7S. The summed E-state index contributed by atoms with van der Waals surface area (Å²) in [6, 6.07) is 14.3. The van der Waals surface area contributed by atoms with Crippen LogP contribution >= 0.6 is 22.9 Å². The first-order valence-corrected chi connectivity index (χ1v) is 27.6. The van der Waals surface area contributed by atoms with E-state index in [0.29, 0.717) is 42.0 Å². The lowest BCUT2D eigenvalue weighted by molar-refractivity contribution is -0.172. The normalized spacial score (nSPS) is 21.7. The standard InChI is InChI=1S/C58H52ClF3N10O7S/c1-5-33-35-18-32(8-11-43(35)66-48-38(33)25-72-44(48)20-40-39(54(72)74)26-77-55(75)58(40,76)6-2)79-29(4)28(3)53(73)71-17-16-69(24-31(71)12-14-63)52-36-19-41(59)46(34-9-10-42(61)50-45(34)37(22-64)51(65)80-50)47(62)49(36)67-56(68-52)78-27-57-13-7-15-70(57)23-30(60)21-57/h8-11,18-20,29-31,76H,3,5-7,12-13,15-17,21,23-27,65H2,1-2,4H3/t29?,30-,31+,57+,58+/m1/s1. The molecule has 0 bridgehead atoms. The number of thiophene rings is 1. The summed E-state index contributed by atoms with van der Waals surface area (Å²) in [5.41, 5.74) is 6.98. The molecule has 0 aliphatic carbocycles. The number of halogens is 4. The molecule has 5 aliphatic heterocycles. The van der Waals surface area contributed by atoms with E-state index in [4.69, 9.17) is 41.5 Å². The average molecular weight is 1130 g/mol. The van der Waals surface area contributed by atoms with Crippen LogP contribution in [0.2, 0.25) is 5.02 Å². The Bertz CT molecular complexity index is 4010. The predicted molar refractivity (Wildman–Crippen MR) is 294 cm³/mol. The van der Waals surface area contributed by atoms with E-state index < -0.39 is 53.0 Å². The van der Waals surface area contributed by atoms with Crippen molar-refractivity contribution in [3.8, 4) is 46.4 Å². The predicted octanol–water partition coefficient (Wildman–Crippen LogP) is 8.76. The summed E-state index contributed by atoms with van der Waals surface area (Å²) in [6.45, 7) is 10.8. The van der Waals surface area contributed by atoms with Crippen LogP contribution in [0.25, 0.3) is 54.4 Å². The zero-order valence-electron chi connectivity index (χ0n) is 43.8. The molecule has 5 atom stereocenters. The fourth-order valence-electron chi connectivity index (χ4n) is 12.7. The molecule has 12 rings (SSSR count). The largest absolute Gasteiger partial charge is 0.486 e. The van der Waals surface area contributed by atoms with Crippen LogP contribution in [0.3, 0.4) is 0 Å². The van der Waals surface area contributed by atoms with Crippen molar-refractivity contribution < 1.29 is 42.1 Å². The van der Waals surface area contributed by atoms with Gasteiger partial charge in [0.25, 0.3) is 11.5 Å². The second-order valence-electron chi connectivity index (χ2n) is 21.2. The van der Waals surface area contributed by atoms with Crippen LogP contribution in [-0.4, -0.2) is 109 Å². The molecule has 9 heterocycles. The number of rotatable bonds is 12. The second-order valence-corrected chi connectivity index (χ2v) is 22.6. The van der Waals surface area contributed by atoms with Crippen LogP contribution in [0.4, 0.5) is 24.0 Å². The number of hydrogen-bond acceptors (Lipinski definition) is 16. The van der Waals surface area contributed by atoms with E-state index in [0.717, 1.165) is 40.3 Å². The minimum Gasteiger partial charge on any atom is -0.486 e. The van der Waals surface area contributed by atoms with Crippen molar-refractivity contribution in [1.29, 1.82) is 10.5 Å². The van der Waals surface area contributed by atoms with E-state index >= 15 is 8.78 Å². The number of cyclic esters (lactones) is 1. The van der Waals surface area contributed by atoms with Crippen LogP contribution in [0.15, 0.2) is 59.4 Å². The van der Waals surface area contributed by atoms with Gasteiger partial charge in [0.05, 0.1) is 68.4 Å². The second kappa shape index (κ2) is 19.8. The van der Waals surface area contributed by atoms with Crippen LogP contribution in [-0.2, 0) is 39.5 Å². The zero-order chi connectivity index (χ0) is 56.3. The van der Waals surface area contributed by atoms with Gasteiger partial charge in [0.2, 0.25) is 0 Å². The summed E-state index contributed by atoms with van der Waals surface area (Å²) in [6.07, 6.45) is 0.387. The smallest absolute Gasteiger partial charge is 0.343 e. The van der Waals surface area contributed by atoms with Gasteiger partial charge in [-0.15, -0.1) is 11.3 Å². The van der Waals surface area contributed by atoms with Crippen molar-refractivity contribution in [2.24, 2.45) is 0 Å². The number of aliphatic hydroxyl groups is 1. The van der Waals surface area contributed by atoms with Gasteiger partial charge in [-0.25, -0.2) is 22.9 Å². The number of benzene rings is 3. The molecule has 3 N–H and O–H groups in total. The summed E-state index contributed by atoms with van der Waals surface area (Å²) in [7, 11) is 0. The highest BCUT2D eigenvalue weighted by molar-refractivity contribution is 7.23. The number of esters is 1. The molecule has 3 fully saturated rings. The molecule has 0 radical (unpaired) electrons. The van der Waals surface area contributed by atoms with E-state index in [1.165, 1.54) is 12.1 Å². The summed E-state index contributed by atoms with van der Waals surface area (Å²) >= 11 is 7.87. The van der Waals surface area contributed by atoms with Crippen molar-refractivity contribution in [1.82, 2.24) is 29.3 Å². The molecule has 7 aromatic rings. The fraction of sp³-hybridized carbons (Fsp3) is 0.379. The van der Waals surface area contributed by atoms with Gasteiger partial charge in [0.15, 0.2) is 11.4 Å². The number of pyridine rings is 2. The van der Waals surface area contributed by atoms with E-state index in [-0.39, 0.29) is 147 Å². The van der Waals surface area contributed by atoms with Gasteiger partial charge in [-0.1, -0.05) is 38.1 Å². The molecule has 0 spiro atoms. The van der Waals surface area contributed by atoms with Crippen LogP contribution in [0.1, 0.15) is 80.7 Å². The molecule has 3 aromatic carbocycles. The van der Waals surface area contributed by atoms with E-state index in [2.05, 4.69) is 22.5 Å². The number of anilines is 2. The highest BCUT2D eigenvalue weighted by atomic mass is 35.5. The summed E-state index contributed by atoms with van der Waals surface area (Å²) in [5, 5.41) is 32.6. The summed E-state index contributed by atoms with van der Waals surface area (Å²) in [4.78, 5) is 61.1. The Kier molecular flexibility index (Phi) is 13.1. The Morgan fingerprint density at radius 3 is 2.65 bits per heavy atom. The monoisotopic (exact) mass is 1120 g/mol. The fourth-order valence-corrected chi connectivity index (χ4v) is 14.0. The number of ether oxygens (including phenoxy) is 3. The molecule has 17 nitrogen and oxygen atoms in total. The minimum absolute atomic E-state index is 0.0214. The van der Waals surface area contributed by atoms with Gasteiger partial charge in [0, 0.05) is 71.0 Å². The number of fused-ring (bicyclic) bond motifs is 8. The quantitative estimate of drug-likeness (QED) is 0.0861. The number of alkyl halides is 1. The van der Waals surface area contributed by atoms with Crippen molar-refractivity contribution in [3.63, 3.8) is 0 Å². The summed E-state index contributed by atoms with van der Waals surface area (Å²) in [5.74, 6) is -2.17. The van der Waals surface area contributed by atoms with Gasteiger partial charge < -0.3 is 39.4 Å². The Balaban J connectivity index is 0.829. The summed E-state index contributed by atoms with van der Waals surface area (Å²) < 4.78 is 67.3. The Morgan fingerprint density at radius 1 is 1.07 bits per heavy atom. The number of amides is 1. The molecule has 5 aliphatic rings. The molecule has 1 unspecified atom stereocenters. The lowest BCUT2D eigenvalue weighted by atomic mass is 9.86. The van der Waals surface area contributed by atoms with Gasteiger partial charge >= 0.3 is 12.0 Å². The average Bonchev–Trinajstić information content (AvgIpc) is 3.66.